The number of halogens is 3. The molecule has 59 valence electrons. The maximum atomic E-state index is 11.5. The molecule has 11 heavy (non-hydrogen) atoms. The first-order valence-electron chi connectivity index (χ1n) is 2.66. The quantitative estimate of drug-likeness (QED) is 0.692. The Morgan fingerprint density at radius 2 is 2.36 bits per heavy atom. The van der Waals surface area contributed by atoms with E-state index >= 15 is 0 Å². The maximum absolute atomic E-state index is 11.5. The number of alkyl halides is 2. The van der Waals surface area contributed by atoms with Crippen LogP contribution in [0.2, 0.25) is 5.02 Å². The molecule has 0 fully saturated rings. The summed E-state index contributed by atoms with van der Waals surface area (Å²) in [5.74, 6) is -0.160. The molecule has 0 aliphatic rings. The largest absolute Gasteiger partial charge is 0.432 e. The molecule has 0 bridgehead atoms. The number of pyridine rings is 1. The van der Waals surface area contributed by atoms with Crippen LogP contribution in [-0.4, -0.2) is 11.6 Å². The van der Waals surface area contributed by atoms with Crippen molar-refractivity contribution in [2.45, 2.75) is 6.61 Å². The van der Waals surface area contributed by atoms with E-state index in [-0.39, 0.29) is 10.8 Å². The molecule has 0 unspecified atom stereocenters. The number of ether oxygens (including phenoxy) is 1. The van der Waals surface area contributed by atoms with E-state index in [1.807, 2.05) is 0 Å². The van der Waals surface area contributed by atoms with Crippen molar-refractivity contribution in [2.24, 2.45) is 0 Å². The van der Waals surface area contributed by atoms with Gasteiger partial charge in [-0.3, -0.25) is 0 Å². The van der Waals surface area contributed by atoms with Gasteiger partial charge in [0.1, 0.15) is 6.20 Å². The lowest BCUT2D eigenvalue weighted by molar-refractivity contribution is -0.0502. The molecule has 5 heteroatoms. The SMILES string of the molecule is FC(F)Oc1[c]ncc(Cl)c1. The van der Waals surface area contributed by atoms with Crippen LogP contribution in [-0.2, 0) is 0 Å². The Hall–Kier alpha value is -0.900. The summed E-state index contributed by atoms with van der Waals surface area (Å²) in [6, 6.07) is 1.21. The lowest BCUT2D eigenvalue weighted by Crippen LogP contribution is -2.01. The van der Waals surface area contributed by atoms with Gasteiger partial charge in [-0.25, -0.2) is 4.98 Å². The van der Waals surface area contributed by atoms with Crippen LogP contribution in [0.15, 0.2) is 12.3 Å². The van der Waals surface area contributed by atoms with Crippen LogP contribution in [0.25, 0.3) is 0 Å². The number of rotatable bonds is 2. The Labute approximate surface area is 66.8 Å². The lowest BCUT2D eigenvalue weighted by Gasteiger charge is -2.01. The molecule has 0 aliphatic heterocycles. The molecule has 0 amide bonds. The molecule has 1 aromatic heterocycles. The van der Waals surface area contributed by atoms with Crippen molar-refractivity contribution in [3.05, 3.63) is 23.5 Å². The molecule has 0 aliphatic carbocycles. The first-order chi connectivity index (χ1) is 5.18. The van der Waals surface area contributed by atoms with E-state index < -0.39 is 6.61 Å². The van der Waals surface area contributed by atoms with E-state index in [0.29, 0.717) is 0 Å². The average molecular weight is 179 g/mol. The van der Waals surface area contributed by atoms with Crippen molar-refractivity contribution in [1.82, 2.24) is 4.98 Å². The summed E-state index contributed by atoms with van der Waals surface area (Å²) in [7, 11) is 0. The Morgan fingerprint density at radius 3 is 2.91 bits per heavy atom. The first-order valence-corrected chi connectivity index (χ1v) is 3.04. The fourth-order valence-corrected chi connectivity index (χ4v) is 0.657. The minimum atomic E-state index is -2.87. The standard InChI is InChI=1S/C6H3ClF2NO/c7-4-1-5(3-10-2-4)11-6(8)9/h1-2,6H. The normalized spacial score (nSPS) is 10.2. The summed E-state index contributed by atoms with van der Waals surface area (Å²) in [6.07, 6.45) is 3.48. The monoisotopic (exact) mass is 178 g/mol. The zero-order valence-electron chi connectivity index (χ0n) is 5.22. The molecule has 0 saturated heterocycles. The molecule has 2 nitrogen and oxygen atoms in total. The summed E-state index contributed by atoms with van der Waals surface area (Å²) in [6.45, 7) is -2.87. The van der Waals surface area contributed by atoms with Gasteiger partial charge in [-0.1, -0.05) is 11.6 Å². The number of aromatic nitrogens is 1. The Bertz CT molecular complexity index is 244. The predicted molar refractivity (Wildman–Crippen MR) is 34.7 cm³/mol. The second kappa shape index (κ2) is 3.48. The summed E-state index contributed by atoms with van der Waals surface area (Å²) in [5.41, 5.74) is 0. The highest BCUT2D eigenvalue weighted by atomic mass is 35.5. The second-order valence-corrected chi connectivity index (χ2v) is 2.08. The zero-order chi connectivity index (χ0) is 8.27. The first kappa shape index (κ1) is 8.20. The van der Waals surface area contributed by atoms with Gasteiger partial charge < -0.3 is 4.74 Å². The van der Waals surface area contributed by atoms with Crippen LogP contribution < -0.4 is 4.74 Å². The van der Waals surface area contributed by atoms with Crippen molar-refractivity contribution in [3.8, 4) is 5.75 Å². The molecule has 1 heterocycles. The number of hydrogen-bond acceptors (Lipinski definition) is 2. The fourth-order valence-electron chi connectivity index (χ4n) is 0.509. The zero-order valence-corrected chi connectivity index (χ0v) is 5.98. The highest BCUT2D eigenvalue weighted by molar-refractivity contribution is 6.30. The third-order valence-corrected chi connectivity index (χ3v) is 1.05. The van der Waals surface area contributed by atoms with Crippen LogP contribution in [0.4, 0.5) is 8.78 Å². The van der Waals surface area contributed by atoms with Crippen LogP contribution in [0.1, 0.15) is 0 Å². The molecule has 0 spiro atoms. The average Bonchev–Trinajstić information content (AvgIpc) is 1.85. The van der Waals surface area contributed by atoms with Gasteiger partial charge in [0, 0.05) is 12.3 Å². The van der Waals surface area contributed by atoms with E-state index in [1.165, 1.54) is 12.3 Å². The molecule has 0 N–H and O–H groups in total. The van der Waals surface area contributed by atoms with Gasteiger partial charge in [0.05, 0.1) is 5.02 Å². The van der Waals surface area contributed by atoms with E-state index in [2.05, 4.69) is 15.9 Å². The molecule has 0 saturated carbocycles. The van der Waals surface area contributed by atoms with Crippen LogP contribution >= 0.6 is 11.6 Å². The molecule has 1 rings (SSSR count). The van der Waals surface area contributed by atoms with Gasteiger partial charge in [-0.2, -0.15) is 8.78 Å². The van der Waals surface area contributed by atoms with E-state index in [4.69, 9.17) is 11.6 Å². The predicted octanol–water partition coefficient (Wildman–Crippen LogP) is 2.14. The smallest absolute Gasteiger partial charge is 0.387 e. The van der Waals surface area contributed by atoms with Crippen LogP contribution in [0, 0.1) is 6.20 Å². The minimum Gasteiger partial charge on any atom is -0.432 e. The van der Waals surface area contributed by atoms with Crippen molar-refractivity contribution < 1.29 is 13.5 Å². The number of hydrogen-bond donors (Lipinski definition) is 0. The highest BCUT2D eigenvalue weighted by Gasteiger charge is 2.04. The maximum Gasteiger partial charge on any atom is 0.387 e. The molecular formula is C6H3ClF2NO. The molecule has 0 aromatic carbocycles. The van der Waals surface area contributed by atoms with Gasteiger partial charge in [-0.05, 0) is 0 Å². The van der Waals surface area contributed by atoms with E-state index in [9.17, 15) is 8.78 Å². The Balaban J connectivity index is 2.71. The van der Waals surface area contributed by atoms with Crippen molar-refractivity contribution in [2.75, 3.05) is 0 Å². The van der Waals surface area contributed by atoms with Gasteiger partial charge in [0.25, 0.3) is 0 Å². The highest BCUT2D eigenvalue weighted by Crippen LogP contribution is 2.16. The topological polar surface area (TPSA) is 22.1 Å². The molecule has 1 aromatic rings. The molecule has 0 atom stereocenters. The van der Waals surface area contributed by atoms with Crippen molar-refractivity contribution in [1.29, 1.82) is 0 Å². The Kier molecular flexibility index (Phi) is 2.59. The van der Waals surface area contributed by atoms with Crippen LogP contribution in [0.5, 0.6) is 5.75 Å². The Morgan fingerprint density at radius 1 is 1.64 bits per heavy atom. The fraction of sp³-hybridized carbons (Fsp3) is 0.167. The summed E-state index contributed by atoms with van der Waals surface area (Å²) >= 11 is 5.42. The number of nitrogens with zero attached hydrogens (tertiary/aromatic N) is 1. The molecule has 1 radical (unpaired) electrons. The summed E-state index contributed by atoms with van der Waals surface area (Å²) < 4.78 is 27.0. The van der Waals surface area contributed by atoms with Crippen LogP contribution in [0.3, 0.4) is 0 Å². The third-order valence-electron chi connectivity index (χ3n) is 0.848. The van der Waals surface area contributed by atoms with Crippen molar-refractivity contribution >= 4 is 11.6 Å². The minimum absolute atomic E-state index is 0.160. The lowest BCUT2D eigenvalue weighted by atomic mass is 10.5. The van der Waals surface area contributed by atoms with E-state index in [1.54, 1.807) is 0 Å². The van der Waals surface area contributed by atoms with E-state index in [0.717, 1.165) is 0 Å². The van der Waals surface area contributed by atoms with Crippen molar-refractivity contribution in [3.63, 3.8) is 0 Å². The van der Waals surface area contributed by atoms with Gasteiger partial charge in [0.2, 0.25) is 0 Å². The summed E-state index contributed by atoms with van der Waals surface area (Å²) in [4.78, 5) is 3.42. The summed E-state index contributed by atoms with van der Waals surface area (Å²) in [5, 5.41) is 0.236. The third kappa shape index (κ3) is 2.67. The van der Waals surface area contributed by atoms with Gasteiger partial charge in [-0.15, -0.1) is 0 Å². The molecular weight excluding hydrogens is 176 g/mol. The van der Waals surface area contributed by atoms with Gasteiger partial charge in [0.15, 0.2) is 5.75 Å². The second-order valence-electron chi connectivity index (χ2n) is 1.64. The van der Waals surface area contributed by atoms with Gasteiger partial charge >= 0.3 is 6.61 Å².